The summed E-state index contributed by atoms with van der Waals surface area (Å²) in [5.74, 6) is 2.01. The fourth-order valence-electron chi connectivity index (χ4n) is 5.15. The lowest BCUT2D eigenvalue weighted by molar-refractivity contribution is -0.116. The number of nitrogens with zero attached hydrogens (tertiary/aromatic N) is 2. The first kappa shape index (κ1) is 36.4. The van der Waals surface area contributed by atoms with Crippen LogP contribution in [0.5, 0.6) is 5.75 Å². The third kappa shape index (κ3) is 10.1. The number of hydrogen-bond acceptors (Lipinski definition) is 8. The van der Waals surface area contributed by atoms with Gasteiger partial charge in [-0.3, -0.25) is 4.79 Å². The third-order valence-corrected chi connectivity index (χ3v) is 9.54. The lowest BCUT2D eigenvalue weighted by Gasteiger charge is -2.15. The van der Waals surface area contributed by atoms with E-state index in [1.807, 2.05) is 54.1 Å². The van der Waals surface area contributed by atoms with Gasteiger partial charge < -0.3 is 33.7 Å². The van der Waals surface area contributed by atoms with Crippen molar-refractivity contribution in [2.24, 2.45) is 0 Å². The Morgan fingerprint density at radius 3 is 2.28 bits per heavy atom. The fraction of sp³-hybridized carbons (Fsp3) is 0.263. The molecule has 0 radical (unpaired) electrons. The third-order valence-electron chi connectivity index (χ3n) is 7.83. The van der Waals surface area contributed by atoms with Crippen molar-refractivity contribution in [3.8, 4) is 28.2 Å². The number of benzene rings is 3. The number of ether oxygens (including phenoxy) is 2. The molecule has 0 atom stereocenters. The van der Waals surface area contributed by atoms with Crippen LogP contribution in [0.15, 0.2) is 112 Å². The highest BCUT2D eigenvalue weighted by molar-refractivity contribution is 6.76. The molecule has 0 aliphatic heterocycles. The van der Waals surface area contributed by atoms with E-state index in [4.69, 9.17) is 29.0 Å². The first-order chi connectivity index (χ1) is 24.1. The summed E-state index contributed by atoms with van der Waals surface area (Å²) in [4.78, 5) is 12.6. The number of rotatable bonds is 14. The van der Waals surface area contributed by atoms with E-state index in [0.29, 0.717) is 32.2 Å². The van der Waals surface area contributed by atoms with Crippen LogP contribution in [-0.2, 0) is 22.9 Å². The molecule has 10 nitrogen and oxygen atoms in total. The number of hydrogen-bond donors (Lipinski definition) is 3. The van der Waals surface area contributed by atoms with Gasteiger partial charge in [-0.2, -0.15) is 5.10 Å². The molecule has 0 saturated heterocycles. The first-order valence-electron chi connectivity index (χ1n) is 16.7. The first-order valence-corrected chi connectivity index (χ1v) is 20.4. The van der Waals surface area contributed by atoms with Crippen molar-refractivity contribution >= 4 is 43.5 Å². The molecule has 1 amide bonds. The van der Waals surface area contributed by atoms with E-state index in [1.165, 1.54) is 12.3 Å². The number of furan rings is 2. The van der Waals surface area contributed by atoms with E-state index in [9.17, 15) is 4.79 Å². The van der Waals surface area contributed by atoms with Gasteiger partial charge in [0.05, 0.1) is 18.0 Å². The fourth-order valence-corrected chi connectivity index (χ4v) is 5.90. The zero-order chi connectivity index (χ0) is 35.5. The molecule has 0 spiro atoms. The second-order valence-corrected chi connectivity index (χ2v) is 18.7. The molecule has 6 rings (SSSR count). The average Bonchev–Trinajstić information content (AvgIpc) is 3.89. The molecule has 3 aromatic heterocycles. The van der Waals surface area contributed by atoms with Crippen molar-refractivity contribution < 1.29 is 33.2 Å². The smallest absolute Gasteiger partial charge is 0.489 e. The molecule has 50 heavy (non-hydrogen) atoms. The van der Waals surface area contributed by atoms with E-state index in [0.717, 1.165) is 57.1 Å². The number of anilines is 1. The van der Waals surface area contributed by atoms with Crippen LogP contribution >= 0.6 is 0 Å². The molecule has 0 fully saturated rings. The highest BCUT2D eigenvalue weighted by atomic mass is 28.3. The van der Waals surface area contributed by atoms with Crippen LogP contribution in [0.25, 0.3) is 33.4 Å². The number of fused-ring (bicyclic) bond motifs is 1. The Labute approximate surface area is 293 Å². The topological polar surface area (TPSA) is 132 Å². The molecule has 12 heteroatoms. The highest BCUT2D eigenvalue weighted by Crippen LogP contribution is 2.39. The zero-order valence-electron chi connectivity index (χ0n) is 29.0. The number of nitrogens with one attached hydrogen (secondary N) is 1. The van der Waals surface area contributed by atoms with Gasteiger partial charge in [-0.05, 0) is 77.7 Å². The highest BCUT2D eigenvalue weighted by Gasteiger charge is 2.20. The summed E-state index contributed by atoms with van der Waals surface area (Å²) < 4.78 is 24.4. The quantitative estimate of drug-likeness (QED) is 0.0787. The molecule has 3 N–H and O–H groups in total. The van der Waals surface area contributed by atoms with Crippen LogP contribution in [0, 0.1) is 0 Å². The van der Waals surface area contributed by atoms with Crippen LogP contribution < -0.4 is 15.7 Å². The summed E-state index contributed by atoms with van der Waals surface area (Å²) >= 11 is 0. The number of aromatic nitrogens is 2. The Balaban J connectivity index is 0.000000535. The van der Waals surface area contributed by atoms with Crippen LogP contribution in [0.1, 0.15) is 25.3 Å². The monoisotopic (exact) mass is 693 g/mol. The predicted octanol–water partition coefficient (Wildman–Crippen LogP) is 7.55. The molecule has 0 unspecified atom stereocenters. The summed E-state index contributed by atoms with van der Waals surface area (Å²) in [6, 6.07) is 30.4. The molecule has 0 aliphatic rings. The molecule has 0 saturated carbocycles. The van der Waals surface area contributed by atoms with Crippen LogP contribution in [0.2, 0.25) is 25.7 Å². The molecule has 6 aromatic rings. The predicted molar refractivity (Wildman–Crippen MR) is 200 cm³/mol. The minimum absolute atomic E-state index is 0.0570. The molecule has 260 valence electrons. The van der Waals surface area contributed by atoms with Crippen molar-refractivity contribution in [2.45, 2.75) is 58.8 Å². The SMILES string of the molecule is CCCC(=O)Nc1nn(COCC[Si](C)(C)C)c2cc(-c3ccc(OCc4ccccc4)cc3)c(-c3ccco3)cc12.OB(O)c1ccco1. The van der Waals surface area contributed by atoms with Gasteiger partial charge in [0.15, 0.2) is 5.82 Å². The molecule has 3 aromatic carbocycles. The Morgan fingerprint density at radius 1 is 0.920 bits per heavy atom. The van der Waals surface area contributed by atoms with Gasteiger partial charge in [0.25, 0.3) is 0 Å². The molecule has 3 heterocycles. The Hall–Kier alpha value is -4.88. The van der Waals surface area contributed by atoms with Crippen molar-refractivity contribution in [1.29, 1.82) is 0 Å². The van der Waals surface area contributed by atoms with Crippen molar-refractivity contribution in [3.63, 3.8) is 0 Å². The van der Waals surface area contributed by atoms with Crippen molar-refractivity contribution in [1.82, 2.24) is 9.78 Å². The van der Waals surface area contributed by atoms with E-state index < -0.39 is 15.2 Å². The van der Waals surface area contributed by atoms with Gasteiger partial charge in [-0.25, -0.2) is 4.68 Å². The normalized spacial score (nSPS) is 11.2. The molecule has 0 aliphatic carbocycles. The molecule has 0 bridgehead atoms. The maximum absolute atomic E-state index is 12.6. The summed E-state index contributed by atoms with van der Waals surface area (Å²) in [5.41, 5.74) is 5.08. The van der Waals surface area contributed by atoms with E-state index >= 15 is 0 Å². The largest absolute Gasteiger partial charge is 0.526 e. The Morgan fingerprint density at radius 2 is 1.66 bits per heavy atom. The van der Waals surface area contributed by atoms with E-state index in [-0.39, 0.29) is 11.6 Å². The lowest BCUT2D eigenvalue weighted by Crippen LogP contribution is -2.27. The Bertz CT molecular complexity index is 1920. The summed E-state index contributed by atoms with van der Waals surface area (Å²) in [5, 5.41) is 25.4. The van der Waals surface area contributed by atoms with Gasteiger partial charge >= 0.3 is 7.12 Å². The number of carbonyl (C=O) groups excluding carboxylic acids is 1. The minimum atomic E-state index is -1.48. The zero-order valence-corrected chi connectivity index (χ0v) is 30.0. The van der Waals surface area contributed by atoms with Gasteiger partial charge in [-0.15, -0.1) is 0 Å². The second-order valence-electron chi connectivity index (χ2n) is 13.1. The van der Waals surface area contributed by atoms with Gasteiger partial charge in [0.2, 0.25) is 5.91 Å². The maximum atomic E-state index is 12.6. The summed E-state index contributed by atoms with van der Waals surface area (Å²) in [7, 11) is -2.71. The van der Waals surface area contributed by atoms with Crippen molar-refractivity contribution in [2.75, 3.05) is 11.9 Å². The average molecular weight is 694 g/mol. The van der Waals surface area contributed by atoms with Crippen LogP contribution in [-0.4, -0.2) is 47.5 Å². The van der Waals surface area contributed by atoms with Gasteiger partial charge in [0, 0.05) is 32.1 Å². The van der Waals surface area contributed by atoms with E-state index in [2.05, 4.69) is 65.8 Å². The van der Waals surface area contributed by atoms with E-state index in [1.54, 1.807) is 12.3 Å². The maximum Gasteiger partial charge on any atom is 0.526 e. The Kier molecular flexibility index (Phi) is 12.5. The van der Waals surface area contributed by atoms with Crippen molar-refractivity contribution in [3.05, 3.63) is 109 Å². The van der Waals surface area contributed by atoms with Gasteiger partial charge in [0.1, 0.15) is 30.5 Å². The summed E-state index contributed by atoms with van der Waals surface area (Å²) in [6.45, 7) is 10.5. The number of carbonyl (C=O) groups is 1. The standard InChI is InChI=1S/C34H39N3O4Si.C4H5BO3/c1-5-10-33(38)35-34-30-21-29(32-13-9-18-40-32)28(22-31(30)37(36-34)24-39-19-20-42(2,3)4)26-14-16-27(17-15-26)41-23-25-11-7-6-8-12-25;6-5(7)4-2-1-3-8-4/h6-9,11-18,21-22H,5,10,19-20,23-24H2,1-4H3,(H,35,36,38);1-3,6-7H. The minimum Gasteiger partial charge on any atom is -0.489 e. The van der Waals surface area contributed by atoms with Crippen LogP contribution in [0.4, 0.5) is 5.82 Å². The molecular weight excluding hydrogens is 649 g/mol. The second kappa shape index (κ2) is 17.2. The van der Waals surface area contributed by atoms with Crippen LogP contribution in [0.3, 0.4) is 0 Å². The van der Waals surface area contributed by atoms with Gasteiger partial charge in [-0.1, -0.05) is 69.0 Å². The summed E-state index contributed by atoms with van der Waals surface area (Å²) in [6.07, 6.45) is 4.25. The number of amides is 1. The lowest BCUT2D eigenvalue weighted by atomic mass is 9.88. The molecular formula is C38H44BN3O7Si.